The maximum Gasteiger partial charge on any atom is 0.164 e. The molecule has 12 heteroatoms. The summed E-state index contributed by atoms with van der Waals surface area (Å²) >= 11 is 0. The lowest BCUT2D eigenvalue weighted by Gasteiger charge is -2.21. The number of fused-ring (bicyclic) bond motifs is 20. The lowest BCUT2D eigenvalue weighted by molar-refractivity contribution is 0.660. The number of furan rings is 3. The SMILES string of the molecule is CC1(C)c2ccccc2-c2ccc(-c3nc(-c4ccccc4)nc(-c4cccc5ccc(-c6c7ccccc7cc7oc8ccccc8c67)cc45)n3)cc21.c1ccc(-c2nc(-c3cccc(-c4c5ccccc5cc5oc6ccccc6c45)c3)nc(-c3ccc4c(ccc5ccccc54)c3)n2)cc1.c1ccc(-c2nc(-c3ccccc3)nc(-c3cccc4cc(-c5c6ccccc6cc6oc7ccccc7c56)ccc34)n2)cc1. The molecular weight excluding hydrogens is 1810 g/mol. The zero-order valence-electron chi connectivity index (χ0n) is 80.4. The maximum absolute atomic E-state index is 6.45. The van der Waals surface area contributed by atoms with Crippen molar-refractivity contribution in [1.29, 1.82) is 0 Å². The van der Waals surface area contributed by atoms with Crippen LogP contribution in [0.1, 0.15) is 25.0 Å². The van der Waals surface area contributed by atoms with E-state index in [4.69, 9.17) is 58.1 Å². The standard InChI is InChI=1S/C50H33N3O.C45H27N3O.C41H25N3O/c1-50(2)41-21-10-8-18-36(41)37-26-25-34(28-42(37)50)48-51-47(31-13-4-3-5-14-31)52-49(53-48)38-20-12-16-30-23-24-33(27-40(30)38)45-35-17-7-6-15-32(35)29-44-46(45)39-19-9-11-22-43(39)54-44;1-2-12-29(13-3-1)43-46-44(48-45(47-43)34-23-24-36-31(25-34)22-21-28-11-4-6-17-35(28)36)33-16-10-15-32(26-33)41-37-18-7-5-14-30(37)27-40-42(41)38-19-8-9-20-39(38)49-40;1-3-12-26(13-4-1)39-42-40(27-14-5-2-6-15-27)44-41(43-39)33-20-11-17-28-24-30(22-23-31(28)33)37-32-18-8-7-16-29(32)25-36-38(37)34-19-9-10-21-35(34)45-36/h3-29H,1-2H3;1-27H;1-25H. The van der Waals surface area contributed by atoms with Crippen molar-refractivity contribution in [1.82, 2.24) is 44.9 Å². The number of hydrogen-bond donors (Lipinski definition) is 0. The quantitative estimate of drug-likeness (QED) is 0.107. The molecule has 0 spiro atoms. The van der Waals surface area contributed by atoms with Crippen LogP contribution in [0.3, 0.4) is 0 Å². The number of rotatable bonds is 12. The topological polar surface area (TPSA) is 155 Å². The molecule has 0 aliphatic heterocycles. The van der Waals surface area contributed by atoms with Gasteiger partial charge in [0.2, 0.25) is 0 Å². The molecule has 0 unspecified atom stereocenters. The minimum Gasteiger partial charge on any atom is -0.456 e. The average Bonchev–Trinajstić information content (AvgIpc) is 1.57. The summed E-state index contributed by atoms with van der Waals surface area (Å²) in [7, 11) is 0. The van der Waals surface area contributed by atoms with Crippen molar-refractivity contribution in [2.45, 2.75) is 19.3 Å². The molecule has 12 nitrogen and oxygen atoms in total. The summed E-state index contributed by atoms with van der Waals surface area (Å²) in [5.41, 5.74) is 25.7. The van der Waals surface area contributed by atoms with Gasteiger partial charge in [0.05, 0.1) is 0 Å². The third-order valence-corrected chi connectivity index (χ3v) is 29.3. The van der Waals surface area contributed by atoms with Crippen LogP contribution >= 0.6 is 0 Å². The Kier molecular flexibility index (Phi) is 20.7. The van der Waals surface area contributed by atoms with Crippen LogP contribution in [0.15, 0.2) is 492 Å². The molecule has 148 heavy (non-hydrogen) atoms. The zero-order chi connectivity index (χ0) is 98.0. The van der Waals surface area contributed by atoms with Gasteiger partial charge in [-0.15, -0.1) is 0 Å². The molecule has 29 aromatic rings. The van der Waals surface area contributed by atoms with Crippen LogP contribution < -0.4 is 0 Å². The van der Waals surface area contributed by atoms with Gasteiger partial charge in [-0.1, -0.05) is 426 Å². The Hall–Kier alpha value is -19.7. The first-order valence-corrected chi connectivity index (χ1v) is 49.9. The molecule has 6 heterocycles. The third kappa shape index (κ3) is 15.0. The number of para-hydroxylation sites is 3. The van der Waals surface area contributed by atoms with E-state index in [1.807, 2.05) is 146 Å². The van der Waals surface area contributed by atoms with Crippen LogP contribution in [-0.4, -0.2) is 44.9 Å². The van der Waals surface area contributed by atoms with E-state index in [2.05, 4.69) is 347 Å². The van der Waals surface area contributed by atoms with Gasteiger partial charge < -0.3 is 13.3 Å². The van der Waals surface area contributed by atoms with Crippen molar-refractivity contribution in [2.24, 2.45) is 0 Å². The van der Waals surface area contributed by atoms with E-state index in [-0.39, 0.29) is 5.41 Å². The second-order valence-electron chi connectivity index (χ2n) is 38.4. The highest BCUT2D eigenvalue weighted by Gasteiger charge is 2.36. The molecule has 0 amide bonds. The van der Waals surface area contributed by atoms with Crippen molar-refractivity contribution in [3.05, 3.63) is 490 Å². The fourth-order valence-electron chi connectivity index (χ4n) is 22.2. The second-order valence-corrected chi connectivity index (χ2v) is 38.4. The summed E-state index contributed by atoms with van der Waals surface area (Å²) in [5.74, 6) is 5.79. The maximum atomic E-state index is 6.45. The second kappa shape index (κ2) is 35.5. The first-order valence-electron chi connectivity index (χ1n) is 49.9. The van der Waals surface area contributed by atoms with Gasteiger partial charge in [0.15, 0.2) is 52.4 Å². The minimum atomic E-state index is -0.139. The highest BCUT2D eigenvalue weighted by molar-refractivity contribution is 6.25. The van der Waals surface area contributed by atoms with E-state index < -0.39 is 0 Å². The van der Waals surface area contributed by atoms with E-state index in [1.165, 1.54) is 60.1 Å². The molecule has 0 bridgehead atoms. The van der Waals surface area contributed by atoms with Crippen LogP contribution in [0.4, 0.5) is 0 Å². The van der Waals surface area contributed by atoms with Gasteiger partial charge in [-0.2, -0.15) is 0 Å². The first kappa shape index (κ1) is 86.2. The van der Waals surface area contributed by atoms with Crippen LogP contribution in [-0.2, 0) is 5.41 Å². The number of hydrogen-bond acceptors (Lipinski definition) is 12. The van der Waals surface area contributed by atoms with Gasteiger partial charge in [0.1, 0.15) is 33.5 Å². The van der Waals surface area contributed by atoms with E-state index in [0.717, 1.165) is 187 Å². The summed E-state index contributed by atoms with van der Waals surface area (Å²) in [6.45, 7) is 4.61. The fraction of sp³-hybridized carbons (Fsp3) is 0.0221. The van der Waals surface area contributed by atoms with Crippen molar-refractivity contribution in [2.75, 3.05) is 0 Å². The molecule has 692 valence electrons. The molecule has 0 saturated heterocycles. The fourth-order valence-corrected chi connectivity index (χ4v) is 22.2. The van der Waals surface area contributed by atoms with Crippen LogP contribution in [0, 0.1) is 0 Å². The lowest BCUT2D eigenvalue weighted by atomic mass is 9.82. The number of nitrogens with zero attached hydrogens (tertiary/aromatic N) is 9. The van der Waals surface area contributed by atoms with E-state index in [0.29, 0.717) is 52.4 Å². The van der Waals surface area contributed by atoms with Gasteiger partial charge >= 0.3 is 0 Å². The summed E-state index contributed by atoms with van der Waals surface area (Å²) in [6.07, 6.45) is 0. The molecule has 1 aliphatic carbocycles. The average molecular weight is 1890 g/mol. The van der Waals surface area contributed by atoms with Gasteiger partial charge in [0.25, 0.3) is 0 Å². The van der Waals surface area contributed by atoms with Crippen LogP contribution in [0.2, 0.25) is 0 Å². The van der Waals surface area contributed by atoms with Gasteiger partial charge in [-0.05, 0) is 181 Å². The van der Waals surface area contributed by atoms with Gasteiger partial charge in [0, 0.05) is 104 Å². The largest absolute Gasteiger partial charge is 0.456 e. The molecule has 0 radical (unpaired) electrons. The Balaban J connectivity index is 0.000000107. The van der Waals surface area contributed by atoms with Crippen molar-refractivity contribution in [3.63, 3.8) is 0 Å². The normalized spacial score (nSPS) is 12.2. The predicted octanol–water partition coefficient (Wildman–Crippen LogP) is 35.7. The van der Waals surface area contributed by atoms with Crippen LogP contribution in [0.25, 0.3) is 288 Å². The number of aromatic nitrogens is 9. The van der Waals surface area contributed by atoms with Crippen molar-refractivity contribution < 1.29 is 13.3 Å². The summed E-state index contributed by atoms with van der Waals surface area (Å²) in [6, 6.07) is 167. The lowest BCUT2D eigenvalue weighted by Crippen LogP contribution is -2.15. The van der Waals surface area contributed by atoms with Gasteiger partial charge in [-0.3, -0.25) is 0 Å². The van der Waals surface area contributed by atoms with E-state index in [9.17, 15) is 0 Å². The molecule has 30 rings (SSSR count). The van der Waals surface area contributed by atoms with Crippen LogP contribution in [0.5, 0.6) is 0 Å². The minimum absolute atomic E-state index is 0.139. The Morgan fingerprint density at radius 2 is 0.426 bits per heavy atom. The third-order valence-electron chi connectivity index (χ3n) is 29.3. The monoisotopic (exact) mass is 1890 g/mol. The van der Waals surface area contributed by atoms with Gasteiger partial charge in [-0.25, -0.2) is 44.9 Å². The Bertz CT molecular complexity index is 10400. The molecule has 6 aromatic heterocycles. The molecule has 1 aliphatic rings. The van der Waals surface area contributed by atoms with E-state index >= 15 is 0 Å². The summed E-state index contributed by atoms with van der Waals surface area (Å²) < 4.78 is 19.2. The van der Waals surface area contributed by atoms with Crippen molar-refractivity contribution >= 4 is 141 Å². The number of benzene rings is 23. The molecule has 23 aromatic carbocycles. The molecule has 0 N–H and O–H groups in total. The first-order chi connectivity index (χ1) is 73.1. The zero-order valence-corrected chi connectivity index (χ0v) is 80.4. The predicted molar refractivity (Wildman–Crippen MR) is 607 cm³/mol. The summed E-state index contributed by atoms with van der Waals surface area (Å²) in [4.78, 5) is 45.7. The summed E-state index contributed by atoms with van der Waals surface area (Å²) in [5, 5.41) is 22.9. The molecular formula is C136H85N9O3. The molecule has 0 saturated carbocycles. The molecule has 0 atom stereocenters. The highest BCUT2D eigenvalue weighted by Crippen LogP contribution is 2.52. The Morgan fingerprint density at radius 3 is 0.926 bits per heavy atom. The Morgan fingerprint density at radius 1 is 0.149 bits per heavy atom. The highest BCUT2D eigenvalue weighted by atomic mass is 16.3. The van der Waals surface area contributed by atoms with E-state index in [1.54, 1.807) is 0 Å². The Labute approximate surface area is 850 Å². The van der Waals surface area contributed by atoms with Crippen molar-refractivity contribution in [3.8, 4) is 147 Å². The molecule has 0 fully saturated rings. The smallest absolute Gasteiger partial charge is 0.164 e.